The maximum absolute atomic E-state index is 12.7. The lowest BCUT2D eigenvalue weighted by Crippen LogP contribution is -2.30. The average Bonchev–Trinajstić information content (AvgIpc) is 2.87. The fourth-order valence-electron chi connectivity index (χ4n) is 3.00. The van der Waals surface area contributed by atoms with Crippen molar-refractivity contribution in [2.75, 3.05) is 6.54 Å². The van der Waals surface area contributed by atoms with Crippen molar-refractivity contribution in [1.29, 1.82) is 0 Å². The number of hydrogen-bond donors (Lipinski definition) is 1. The average molecular weight is 295 g/mol. The molecule has 2 atom stereocenters. The number of benzene rings is 1. The van der Waals surface area contributed by atoms with Crippen LogP contribution in [0.2, 0.25) is 0 Å². The van der Waals surface area contributed by atoms with Gasteiger partial charge in [-0.25, -0.2) is 8.42 Å². The summed E-state index contributed by atoms with van der Waals surface area (Å²) in [5.41, 5.74) is 6.90. The van der Waals surface area contributed by atoms with Crippen LogP contribution >= 0.6 is 0 Å². The van der Waals surface area contributed by atoms with Gasteiger partial charge in [0.15, 0.2) is 9.84 Å². The molecule has 1 fully saturated rings. The zero-order chi connectivity index (χ0) is 15.0. The van der Waals surface area contributed by atoms with Gasteiger partial charge in [-0.15, -0.1) is 0 Å². The van der Waals surface area contributed by atoms with Crippen molar-refractivity contribution in [3.63, 3.8) is 0 Å². The quantitative estimate of drug-likeness (QED) is 0.932. The van der Waals surface area contributed by atoms with E-state index < -0.39 is 9.84 Å². The Balaban J connectivity index is 2.31. The highest BCUT2D eigenvalue weighted by atomic mass is 32.2. The molecular formula is C16H25NO2S. The molecule has 20 heavy (non-hydrogen) atoms. The third-order valence-corrected chi connectivity index (χ3v) is 6.69. The van der Waals surface area contributed by atoms with E-state index in [2.05, 4.69) is 20.8 Å². The highest BCUT2D eigenvalue weighted by Crippen LogP contribution is 2.34. The van der Waals surface area contributed by atoms with Crippen molar-refractivity contribution in [2.45, 2.75) is 55.6 Å². The molecule has 1 aromatic rings. The molecule has 3 nitrogen and oxygen atoms in total. The topological polar surface area (TPSA) is 60.2 Å². The Kier molecular flexibility index (Phi) is 4.26. The predicted molar refractivity (Wildman–Crippen MR) is 82.5 cm³/mol. The predicted octanol–water partition coefficient (Wildman–Crippen LogP) is 2.89. The highest BCUT2D eigenvalue weighted by molar-refractivity contribution is 7.92. The van der Waals surface area contributed by atoms with Crippen molar-refractivity contribution in [2.24, 2.45) is 11.7 Å². The molecule has 0 aromatic heterocycles. The second-order valence-electron chi connectivity index (χ2n) is 6.78. The van der Waals surface area contributed by atoms with Gasteiger partial charge >= 0.3 is 0 Å². The molecule has 4 heteroatoms. The molecule has 2 N–H and O–H groups in total. The van der Waals surface area contributed by atoms with Crippen LogP contribution in [0.3, 0.4) is 0 Å². The Bertz CT molecular complexity index is 555. The van der Waals surface area contributed by atoms with Gasteiger partial charge in [0.1, 0.15) is 0 Å². The van der Waals surface area contributed by atoms with E-state index in [0.717, 1.165) is 24.8 Å². The maximum atomic E-state index is 12.7. The molecule has 1 aliphatic rings. The van der Waals surface area contributed by atoms with Crippen molar-refractivity contribution in [3.8, 4) is 0 Å². The summed E-state index contributed by atoms with van der Waals surface area (Å²) in [6, 6.07) is 7.36. The van der Waals surface area contributed by atoms with E-state index in [1.807, 2.05) is 12.1 Å². The Hall–Kier alpha value is -0.870. The van der Waals surface area contributed by atoms with Crippen LogP contribution in [0, 0.1) is 5.92 Å². The van der Waals surface area contributed by atoms with Gasteiger partial charge < -0.3 is 5.73 Å². The molecule has 0 aliphatic heterocycles. The first kappa shape index (κ1) is 15.5. The fourth-order valence-corrected chi connectivity index (χ4v) is 5.10. The molecule has 1 aromatic carbocycles. The lowest BCUT2D eigenvalue weighted by molar-refractivity contribution is 0.523. The summed E-state index contributed by atoms with van der Waals surface area (Å²) in [5.74, 6) is 0.113. The number of hydrogen-bond acceptors (Lipinski definition) is 3. The van der Waals surface area contributed by atoms with Crippen LogP contribution in [-0.4, -0.2) is 20.2 Å². The lowest BCUT2D eigenvalue weighted by Gasteiger charge is -2.21. The van der Waals surface area contributed by atoms with Gasteiger partial charge in [0.05, 0.1) is 10.1 Å². The van der Waals surface area contributed by atoms with Gasteiger partial charge in [-0.2, -0.15) is 0 Å². The van der Waals surface area contributed by atoms with Crippen molar-refractivity contribution in [1.82, 2.24) is 0 Å². The van der Waals surface area contributed by atoms with Gasteiger partial charge in [-0.1, -0.05) is 39.3 Å². The summed E-state index contributed by atoms with van der Waals surface area (Å²) in [4.78, 5) is 0.441. The largest absolute Gasteiger partial charge is 0.330 e. The second-order valence-corrected chi connectivity index (χ2v) is 8.95. The molecule has 2 unspecified atom stereocenters. The number of sulfone groups is 1. The Morgan fingerprint density at radius 3 is 2.25 bits per heavy atom. The van der Waals surface area contributed by atoms with Crippen LogP contribution < -0.4 is 5.73 Å². The molecule has 0 amide bonds. The summed E-state index contributed by atoms with van der Waals surface area (Å²) >= 11 is 0. The Morgan fingerprint density at radius 2 is 1.75 bits per heavy atom. The molecule has 0 bridgehead atoms. The van der Waals surface area contributed by atoms with Crippen LogP contribution in [0.4, 0.5) is 0 Å². The fraction of sp³-hybridized carbons (Fsp3) is 0.625. The van der Waals surface area contributed by atoms with Crippen molar-refractivity contribution >= 4 is 9.84 Å². The summed E-state index contributed by atoms with van der Waals surface area (Å²) in [7, 11) is -3.24. The van der Waals surface area contributed by atoms with Crippen molar-refractivity contribution in [3.05, 3.63) is 29.8 Å². The van der Waals surface area contributed by atoms with E-state index in [1.54, 1.807) is 12.1 Å². The van der Waals surface area contributed by atoms with Gasteiger partial charge in [0.2, 0.25) is 0 Å². The van der Waals surface area contributed by atoms with E-state index >= 15 is 0 Å². The number of rotatable bonds is 3. The summed E-state index contributed by atoms with van der Waals surface area (Å²) in [6.45, 7) is 6.83. The van der Waals surface area contributed by atoms with Gasteiger partial charge in [-0.05, 0) is 48.4 Å². The van der Waals surface area contributed by atoms with E-state index in [0.29, 0.717) is 11.4 Å². The smallest absolute Gasteiger partial charge is 0.181 e. The minimum atomic E-state index is -3.24. The van der Waals surface area contributed by atoms with Crippen LogP contribution in [0.15, 0.2) is 29.2 Å². The maximum Gasteiger partial charge on any atom is 0.181 e. The van der Waals surface area contributed by atoms with E-state index in [4.69, 9.17) is 5.73 Å². The third kappa shape index (κ3) is 2.91. The van der Waals surface area contributed by atoms with Gasteiger partial charge in [-0.3, -0.25) is 0 Å². The Labute approximate surface area is 122 Å². The molecular weight excluding hydrogens is 270 g/mol. The summed E-state index contributed by atoms with van der Waals surface area (Å²) in [5, 5.41) is -0.298. The first-order valence-electron chi connectivity index (χ1n) is 7.31. The minimum absolute atomic E-state index is 0.0371. The molecule has 1 saturated carbocycles. The monoisotopic (exact) mass is 295 g/mol. The highest BCUT2D eigenvalue weighted by Gasteiger charge is 2.37. The SMILES string of the molecule is CC(C)(C)c1ccc(S(=O)(=O)C2CCCC2CN)cc1. The standard InChI is InChI=1S/C16H25NO2S/c1-16(2,3)13-7-9-14(10-8-13)20(18,19)15-6-4-5-12(15)11-17/h7-10,12,15H,4-6,11,17H2,1-3H3. The third-order valence-electron chi connectivity index (χ3n) is 4.34. The van der Waals surface area contributed by atoms with Crippen LogP contribution in [-0.2, 0) is 15.3 Å². The minimum Gasteiger partial charge on any atom is -0.330 e. The zero-order valence-electron chi connectivity index (χ0n) is 12.6. The van der Waals surface area contributed by atoms with E-state index in [-0.39, 0.29) is 16.6 Å². The molecule has 112 valence electrons. The normalized spacial score (nSPS) is 24.0. The molecule has 0 spiro atoms. The molecule has 1 aliphatic carbocycles. The number of nitrogens with two attached hydrogens (primary N) is 1. The summed E-state index contributed by atoms with van der Waals surface area (Å²) < 4.78 is 25.4. The lowest BCUT2D eigenvalue weighted by atomic mass is 9.87. The molecule has 0 saturated heterocycles. The first-order valence-corrected chi connectivity index (χ1v) is 8.86. The van der Waals surface area contributed by atoms with Crippen LogP contribution in [0.1, 0.15) is 45.6 Å². The molecule has 2 rings (SSSR count). The van der Waals surface area contributed by atoms with Gasteiger partial charge in [0.25, 0.3) is 0 Å². The van der Waals surface area contributed by atoms with Crippen LogP contribution in [0.25, 0.3) is 0 Å². The van der Waals surface area contributed by atoms with E-state index in [1.165, 1.54) is 0 Å². The van der Waals surface area contributed by atoms with Crippen molar-refractivity contribution < 1.29 is 8.42 Å². The Morgan fingerprint density at radius 1 is 1.15 bits per heavy atom. The van der Waals surface area contributed by atoms with Crippen LogP contribution in [0.5, 0.6) is 0 Å². The second kappa shape index (κ2) is 5.49. The first-order chi connectivity index (χ1) is 9.26. The van der Waals surface area contributed by atoms with Gasteiger partial charge in [0, 0.05) is 0 Å². The zero-order valence-corrected chi connectivity index (χ0v) is 13.4. The molecule has 0 radical (unpaired) electrons. The van der Waals surface area contributed by atoms with E-state index in [9.17, 15) is 8.42 Å². The summed E-state index contributed by atoms with van der Waals surface area (Å²) in [6.07, 6.45) is 2.64. The molecule has 0 heterocycles.